The summed E-state index contributed by atoms with van der Waals surface area (Å²) in [4.78, 5) is 0. The minimum Gasteiger partial charge on any atom is -0.456 e. The maximum atomic E-state index is 6.31. The molecule has 25 aromatic rings. The van der Waals surface area contributed by atoms with Gasteiger partial charge in [-0.1, -0.05) is 447 Å². The van der Waals surface area contributed by atoms with Crippen molar-refractivity contribution >= 4 is 130 Å². The molecule has 0 saturated heterocycles. The predicted octanol–water partition coefficient (Wildman–Crippen LogP) is 36.3. The molecule has 0 aliphatic heterocycles. The second-order valence-corrected chi connectivity index (χ2v) is 31.7. The van der Waals surface area contributed by atoms with E-state index in [1.54, 1.807) is 0 Å². The first-order valence-electron chi connectivity index (χ1n) is 45.2. The minimum absolute atomic E-state index is 0.915. The van der Waals surface area contributed by atoms with Crippen LogP contribution in [-0.4, -0.2) is 0 Å². The van der Waals surface area contributed by atoms with Crippen LogP contribution >= 0.6 is 0 Å². The Kier molecular flexibility index (Phi) is 19.8. The molecule has 0 bridgehead atoms. The summed E-state index contributed by atoms with van der Waals surface area (Å²) in [6.45, 7) is 0. The summed E-state index contributed by atoms with van der Waals surface area (Å²) in [5.74, 6) is 0. The Hall–Kier alpha value is -16.2. The molecule has 0 radical (unpaired) electrons. The standard InChI is InChI=1S/C44H28O.2C38H24O.3CH4/c1-2-11-29(12-3-1)30-21-23-31(24-22-30)32-25-27-33(28-26-32)42-34-13-4-6-15-36(34)43(37-16-7-5-14-35(37)42)39-18-10-20-41-44(39)38-17-8-9-19-40(38)45-41;1-2-11-25(12-3-1)26-21-23-27(24-22-26)36-28-13-4-6-15-30(28)37(31-16-7-5-14-29(31)36)33-18-10-20-35-38(33)32-17-8-9-19-34(32)39-35;1-2-13-25(14-3-1)26-15-4-5-16-27(26)36-28-17-6-8-19-30(28)37(31-20-9-7-18-29(31)36)33-22-12-24-35-38(33)32-21-10-11-23-34(32)39-35;;;/h1-28H;2*1-24H;3*1H4/i;;;3*1D. The van der Waals surface area contributed by atoms with Crippen molar-refractivity contribution in [3.8, 4) is 111 Å². The first kappa shape index (κ1) is 74.8. The highest BCUT2D eigenvalue weighted by Crippen LogP contribution is 2.53. The quantitative estimate of drug-likeness (QED) is 0.128. The normalized spacial score (nSPS) is 11.5. The van der Waals surface area contributed by atoms with Gasteiger partial charge in [-0.05, 0) is 212 Å². The molecular formula is C123H88O3. The van der Waals surface area contributed by atoms with Crippen LogP contribution in [0.25, 0.3) is 242 Å². The second kappa shape index (κ2) is 33.3. The topological polar surface area (TPSA) is 39.4 Å². The van der Waals surface area contributed by atoms with Gasteiger partial charge in [0.05, 0.1) is 0 Å². The van der Waals surface area contributed by atoms with Crippen LogP contribution in [0, 0.1) is 0 Å². The third-order valence-electron chi connectivity index (χ3n) is 24.9. The Labute approximate surface area is 737 Å². The Bertz CT molecular complexity index is 8230. The van der Waals surface area contributed by atoms with E-state index in [4.69, 9.17) is 17.4 Å². The van der Waals surface area contributed by atoms with Crippen LogP contribution < -0.4 is 0 Å². The molecule has 3 aromatic heterocycles. The summed E-state index contributed by atoms with van der Waals surface area (Å²) in [6, 6.07) is 165. The summed E-state index contributed by atoms with van der Waals surface area (Å²) in [5.41, 5.74) is 30.2. The van der Waals surface area contributed by atoms with E-state index < -0.39 is 0 Å². The molecule has 0 amide bonds. The highest BCUT2D eigenvalue weighted by molar-refractivity contribution is 6.30. The van der Waals surface area contributed by atoms with Gasteiger partial charge in [0, 0.05) is 36.4 Å². The summed E-state index contributed by atoms with van der Waals surface area (Å²) in [5, 5.41) is 21.9. The number of rotatable bonds is 10. The van der Waals surface area contributed by atoms with E-state index in [0.29, 0.717) is 0 Å². The van der Waals surface area contributed by atoms with E-state index in [0.717, 1.165) is 49.7 Å². The van der Waals surface area contributed by atoms with Gasteiger partial charge in [0.2, 0.25) is 0 Å². The first-order valence-corrected chi connectivity index (χ1v) is 42.2. The van der Waals surface area contributed by atoms with Crippen molar-refractivity contribution in [2.24, 2.45) is 0 Å². The lowest BCUT2D eigenvalue weighted by molar-refractivity contribution is 0.668. The lowest BCUT2D eigenvalue weighted by Crippen LogP contribution is -1.93. The molecule has 25 rings (SSSR count). The summed E-state index contributed by atoms with van der Waals surface area (Å²) >= 11 is 0. The van der Waals surface area contributed by atoms with Crippen molar-refractivity contribution in [3.05, 3.63) is 461 Å². The molecule has 3 heteroatoms. The molecule has 0 N–H and O–H groups in total. The summed E-state index contributed by atoms with van der Waals surface area (Å²) in [7, 11) is 3.75. The summed E-state index contributed by atoms with van der Waals surface area (Å²) < 4.78 is 36.1. The number of hydrogen-bond donors (Lipinski definition) is 0. The number of furan rings is 3. The van der Waals surface area contributed by atoms with Crippen LogP contribution in [0.15, 0.2) is 474 Å². The zero-order valence-electron chi connectivity index (χ0n) is 73.1. The van der Waals surface area contributed by atoms with Crippen molar-refractivity contribution in [2.75, 3.05) is 0 Å². The van der Waals surface area contributed by atoms with E-state index in [-0.39, 0.29) is 0 Å². The van der Waals surface area contributed by atoms with Gasteiger partial charge >= 0.3 is 0 Å². The third-order valence-corrected chi connectivity index (χ3v) is 24.9. The molecule has 0 spiro atoms. The van der Waals surface area contributed by atoms with Gasteiger partial charge in [-0.3, -0.25) is 0 Å². The number of fused-ring (bicyclic) bond motifs is 15. The lowest BCUT2D eigenvalue weighted by Gasteiger charge is -2.20. The highest BCUT2D eigenvalue weighted by Gasteiger charge is 2.26. The van der Waals surface area contributed by atoms with Gasteiger partial charge in [0.15, 0.2) is 0 Å². The van der Waals surface area contributed by atoms with E-state index >= 15 is 0 Å². The first-order chi connectivity index (χ1) is 64.1. The maximum absolute atomic E-state index is 6.31. The van der Waals surface area contributed by atoms with Crippen molar-refractivity contribution in [2.45, 2.75) is 22.2 Å². The Morgan fingerprint density at radius 1 is 0.119 bits per heavy atom. The van der Waals surface area contributed by atoms with Gasteiger partial charge in [0.25, 0.3) is 0 Å². The Morgan fingerprint density at radius 2 is 0.294 bits per heavy atom. The molecule has 598 valence electrons. The van der Waals surface area contributed by atoms with Crippen LogP contribution in [0.3, 0.4) is 0 Å². The smallest absolute Gasteiger partial charge is 0.136 e. The van der Waals surface area contributed by atoms with E-state index in [1.165, 1.54) is 214 Å². The molecule has 126 heavy (non-hydrogen) atoms. The monoisotopic (exact) mass is 1620 g/mol. The molecule has 0 atom stereocenters. The van der Waals surface area contributed by atoms with Gasteiger partial charge in [-0.2, -0.15) is 0 Å². The zero-order chi connectivity index (χ0) is 87.3. The molecule has 0 unspecified atom stereocenters. The van der Waals surface area contributed by atoms with Crippen molar-refractivity contribution < 1.29 is 17.4 Å². The van der Waals surface area contributed by atoms with E-state index in [2.05, 4.69) is 443 Å². The van der Waals surface area contributed by atoms with E-state index in [9.17, 15) is 0 Å². The van der Waals surface area contributed by atoms with E-state index in [1.807, 2.05) is 18.2 Å². The second-order valence-electron chi connectivity index (χ2n) is 31.7. The molecule has 22 aromatic carbocycles. The fourth-order valence-corrected chi connectivity index (χ4v) is 19.5. The lowest BCUT2D eigenvalue weighted by atomic mass is 9.83. The van der Waals surface area contributed by atoms with Crippen molar-refractivity contribution in [1.82, 2.24) is 0 Å². The minimum atomic E-state index is 0.915. The van der Waals surface area contributed by atoms with Gasteiger partial charge < -0.3 is 13.3 Å². The molecule has 3 heterocycles. The van der Waals surface area contributed by atoms with Gasteiger partial charge in [0.1, 0.15) is 33.5 Å². The average molecular weight is 1620 g/mol. The van der Waals surface area contributed by atoms with Crippen molar-refractivity contribution in [1.29, 1.82) is 0 Å². The largest absolute Gasteiger partial charge is 0.456 e. The van der Waals surface area contributed by atoms with Gasteiger partial charge in [-0.25, -0.2) is 0 Å². The Morgan fingerprint density at radius 3 is 0.563 bits per heavy atom. The molecule has 0 aliphatic carbocycles. The predicted molar refractivity (Wildman–Crippen MR) is 541 cm³/mol. The average Bonchev–Trinajstić information content (AvgIpc) is 1.69. The molecule has 0 fully saturated rings. The fourth-order valence-electron chi connectivity index (χ4n) is 19.5. The Balaban J connectivity index is 0.000000118. The molecule has 3 nitrogen and oxygen atoms in total. The molecule has 0 aliphatic rings. The number of benzene rings is 22. The van der Waals surface area contributed by atoms with Crippen LogP contribution in [0.1, 0.15) is 26.3 Å². The SMILES string of the molecule is [2H]C.[2H]C.[2H]C.c1ccc(-c2ccc(-c3c4ccccc4c(-c4cccc5oc6ccccc6c45)c4ccccc34)cc2)cc1.c1ccc(-c2ccc(-c3ccc(-c4c5ccccc5c(-c5cccc6oc7ccccc7c56)c5ccccc45)cc3)cc2)cc1.c1ccc(-c2ccccc2-c2c3ccccc3c(-c3cccc4oc5ccccc5c34)c3ccccc23)cc1. The van der Waals surface area contributed by atoms with Crippen LogP contribution in [0.4, 0.5) is 0 Å². The molecular weight excluding hydrogens is 1530 g/mol. The van der Waals surface area contributed by atoms with Crippen LogP contribution in [-0.2, 0) is 0 Å². The maximum Gasteiger partial charge on any atom is 0.136 e. The van der Waals surface area contributed by atoms with Crippen LogP contribution in [0.5, 0.6) is 0 Å². The highest BCUT2D eigenvalue weighted by atomic mass is 16.3. The third kappa shape index (κ3) is 13.5. The number of para-hydroxylation sites is 3. The van der Waals surface area contributed by atoms with Crippen molar-refractivity contribution in [3.63, 3.8) is 0 Å². The van der Waals surface area contributed by atoms with Crippen LogP contribution in [0.2, 0.25) is 0 Å². The summed E-state index contributed by atoms with van der Waals surface area (Å²) in [6.07, 6.45) is 0. The number of hydrogen-bond acceptors (Lipinski definition) is 3. The fraction of sp³-hybridized carbons (Fsp3) is 0.0244. The van der Waals surface area contributed by atoms with Gasteiger partial charge in [-0.15, -0.1) is 0 Å². The zero-order valence-corrected chi connectivity index (χ0v) is 70.1. The molecule has 0 saturated carbocycles.